The lowest BCUT2D eigenvalue weighted by atomic mass is 10.1. The number of hydrogen-bond acceptors (Lipinski definition) is 2. The van der Waals surface area contributed by atoms with Crippen LogP contribution in [0.5, 0.6) is 11.5 Å². The average molecular weight is 308 g/mol. The molecule has 0 unspecified atom stereocenters. The SMILES string of the molecule is Cc1ccc(F)cc1Oc1ccc(Cl)cc1CNC(C)C. The molecular formula is C17H19ClFNO. The van der Waals surface area contributed by atoms with E-state index in [1.54, 1.807) is 12.1 Å². The van der Waals surface area contributed by atoms with Crippen LogP contribution in [0, 0.1) is 12.7 Å². The van der Waals surface area contributed by atoms with Gasteiger partial charge in [-0.05, 0) is 36.8 Å². The summed E-state index contributed by atoms with van der Waals surface area (Å²) in [4.78, 5) is 0. The quantitative estimate of drug-likeness (QED) is 0.832. The van der Waals surface area contributed by atoms with Crippen LogP contribution in [0.3, 0.4) is 0 Å². The highest BCUT2D eigenvalue weighted by molar-refractivity contribution is 6.30. The van der Waals surface area contributed by atoms with Crippen LogP contribution >= 0.6 is 11.6 Å². The molecular weight excluding hydrogens is 289 g/mol. The van der Waals surface area contributed by atoms with Crippen molar-refractivity contribution in [3.63, 3.8) is 0 Å². The topological polar surface area (TPSA) is 21.3 Å². The van der Waals surface area contributed by atoms with Crippen molar-refractivity contribution in [3.8, 4) is 11.5 Å². The Morgan fingerprint density at radius 2 is 1.90 bits per heavy atom. The van der Waals surface area contributed by atoms with Gasteiger partial charge in [-0.1, -0.05) is 31.5 Å². The van der Waals surface area contributed by atoms with E-state index in [9.17, 15) is 4.39 Å². The molecule has 0 bridgehead atoms. The van der Waals surface area contributed by atoms with Crippen LogP contribution in [0.2, 0.25) is 5.02 Å². The van der Waals surface area contributed by atoms with Gasteiger partial charge in [0.2, 0.25) is 0 Å². The Morgan fingerprint density at radius 1 is 1.14 bits per heavy atom. The summed E-state index contributed by atoms with van der Waals surface area (Å²) < 4.78 is 19.2. The van der Waals surface area contributed by atoms with E-state index in [-0.39, 0.29) is 5.82 Å². The summed E-state index contributed by atoms with van der Waals surface area (Å²) in [7, 11) is 0. The van der Waals surface area contributed by atoms with Crippen molar-refractivity contribution in [3.05, 3.63) is 58.4 Å². The van der Waals surface area contributed by atoms with Crippen LogP contribution in [-0.4, -0.2) is 6.04 Å². The molecule has 112 valence electrons. The molecule has 2 rings (SSSR count). The van der Waals surface area contributed by atoms with E-state index in [2.05, 4.69) is 19.2 Å². The lowest BCUT2D eigenvalue weighted by Gasteiger charge is -2.15. The van der Waals surface area contributed by atoms with Gasteiger partial charge in [-0.25, -0.2) is 4.39 Å². The molecule has 2 aromatic rings. The third-order valence-corrected chi connectivity index (χ3v) is 3.33. The van der Waals surface area contributed by atoms with Gasteiger partial charge in [-0.15, -0.1) is 0 Å². The summed E-state index contributed by atoms with van der Waals surface area (Å²) in [6.07, 6.45) is 0. The molecule has 0 fully saturated rings. The second-order valence-corrected chi connectivity index (χ2v) is 5.74. The lowest BCUT2D eigenvalue weighted by molar-refractivity contribution is 0.461. The number of aryl methyl sites for hydroxylation is 1. The molecule has 2 aromatic carbocycles. The Labute approximate surface area is 129 Å². The first-order chi connectivity index (χ1) is 9.95. The minimum atomic E-state index is -0.314. The van der Waals surface area contributed by atoms with Crippen molar-refractivity contribution < 1.29 is 9.13 Å². The summed E-state index contributed by atoms with van der Waals surface area (Å²) in [5, 5.41) is 3.98. The molecule has 21 heavy (non-hydrogen) atoms. The molecule has 0 aliphatic heterocycles. The van der Waals surface area contributed by atoms with Gasteiger partial charge in [0.05, 0.1) is 0 Å². The van der Waals surface area contributed by atoms with Crippen molar-refractivity contribution in [2.24, 2.45) is 0 Å². The fraction of sp³-hybridized carbons (Fsp3) is 0.294. The van der Waals surface area contributed by atoms with Crippen molar-refractivity contribution in [1.82, 2.24) is 5.32 Å². The Morgan fingerprint density at radius 3 is 2.62 bits per heavy atom. The maximum atomic E-state index is 13.4. The van der Waals surface area contributed by atoms with Gasteiger partial charge < -0.3 is 10.1 Å². The molecule has 0 saturated carbocycles. The Bertz CT molecular complexity index is 628. The van der Waals surface area contributed by atoms with Gasteiger partial charge in [-0.2, -0.15) is 0 Å². The molecule has 0 aromatic heterocycles. The predicted octanol–water partition coefficient (Wildman–Crippen LogP) is 5.08. The van der Waals surface area contributed by atoms with Crippen LogP contribution < -0.4 is 10.1 Å². The first-order valence-electron chi connectivity index (χ1n) is 6.91. The maximum Gasteiger partial charge on any atom is 0.133 e. The van der Waals surface area contributed by atoms with E-state index in [4.69, 9.17) is 16.3 Å². The van der Waals surface area contributed by atoms with Gasteiger partial charge in [-0.3, -0.25) is 0 Å². The zero-order valence-electron chi connectivity index (χ0n) is 12.4. The Hall–Kier alpha value is -1.58. The monoisotopic (exact) mass is 307 g/mol. The molecule has 0 heterocycles. The molecule has 0 aliphatic rings. The Balaban J connectivity index is 2.28. The highest BCUT2D eigenvalue weighted by atomic mass is 35.5. The first-order valence-corrected chi connectivity index (χ1v) is 7.29. The minimum absolute atomic E-state index is 0.314. The van der Waals surface area contributed by atoms with E-state index in [1.165, 1.54) is 12.1 Å². The molecule has 0 aliphatic carbocycles. The smallest absolute Gasteiger partial charge is 0.133 e. The third-order valence-electron chi connectivity index (χ3n) is 3.09. The summed E-state index contributed by atoms with van der Waals surface area (Å²) in [6.45, 7) is 6.67. The molecule has 1 N–H and O–H groups in total. The molecule has 0 spiro atoms. The summed E-state index contributed by atoms with van der Waals surface area (Å²) >= 11 is 6.05. The summed E-state index contributed by atoms with van der Waals surface area (Å²) in [5.74, 6) is 0.885. The molecule has 4 heteroatoms. The van der Waals surface area contributed by atoms with Gasteiger partial charge in [0, 0.05) is 29.2 Å². The first kappa shape index (κ1) is 15.8. The molecule has 0 radical (unpaired) electrons. The fourth-order valence-corrected chi connectivity index (χ4v) is 2.10. The van der Waals surface area contributed by atoms with Crippen LogP contribution in [-0.2, 0) is 6.54 Å². The number of benzene rings is 2. The largest absolute Gasteiger partial charge is 0.457 e. The normalized spacial score (nSPS) is 11.0. The number of nitrogens with one attached hydrogen (secondary N) is 1. The van der Waals surface area contributed by atoms with E-state index >= 15 is 0 Å². The van der Waals surface area contributed by atoms with E-state index < -0.39 is 0 Å². The van der Waals surface area contributed by atoms with Crippen LogP contribution in [0.1, 0.15) is 25.0 Å². The van der Waals surface area contributed by atoms with Crippen molar-refractivity contribution in [2.75, 3.05) is 0 Å². The van der Waals surface area contributed by atoms with E-state index in [0.29, 0.717) is 29.1 Å². The fourth-order valence-electron chi connectivity index (χ4n) is 1.90. The second-order valence-electron chi connectivity index (χ2n) is 5.30. The zero-order valence-corrected chi connectivity index (χ0v) is 13.2. The molecule has 2 nitrogen and oxygen atoms in total. The van der Waals surface area contributed by atoms with Crippen LogP contribution in [0.25, 0.3) is 0 Å². The number of halogens is 2. The molecule has 0 amide bonds. The maximum absolute atomic E-state index is 13.4. The highest BCUT2D eigenvalue weighted by Gasteiger charge is 2.09. The average Bonchev–Trinajstić information content (AvgIpc) is 2.43. The standard InChI is InChI=1S/C17H19ClFNO/c1-11(2)20-10-13-8-14(18)5-7-16(13)21-17-9-15(19)6-4-12(17)3/h4-9,11,20H,10H2,1-3H3. The number of rotatable bonds is 5. The van der Waals surface area contributed by atoms with Crippen molar-refractivity contribution in [2.45, 2.75) is 33.4 Å². The Kier molecular flexibility index (Phi) is 5.21. The van der Waals surface area contributed by atoms with Crippen LogP contribution in [0.4, 0.5) is 4.39 Å². The third kappa shape index (κ3) is 4.45. The predicted molar refractivity (Wildman–Crippen MR) is 84.6 cm³/mol. The molecule has 0 saturated heterocycles. The molecule has 0 atom stereocenters. The van der Waals surface area contributed by atoms with Crippen molar-refractivity contribution >= 4 is 11.6 Å². The summed E-state index contributed by atoms with van der Waals surface area (Å²) in [5.41, 5.74) is 1.83. The number of hydrogen-bond donors (Lipinski definition) is 1. The minimum Gasteiger partial charge on any atom is -0.457 e. The van der Waals surface area contributed by atoms with E-state index in [0.717, 1.165) is 11.1 Å². The zero-order chi connectivity index (χ0) is 15.4. The number of ether oxygens (including phenoxy) is 1. The van der Waals surface area contributed by atoms with Gasteiger partial charge in [0.1, 0.15) is 17.3 Å². The van der Waals surface area contributed by atoms with Gasteiger partial charge in [0.15, 0.2) is 0 Å². The summed E-state index contributed by atoms with van der Waals surface area (Å²) in [6, 6.07) is 10.3. The second kappa shape index (κ2) is 6.92. The van der Waals surface area contributed by atoms with Crippen molar-refractivity contribution in [1.29, 1.82) is 0 Å². The van der Waals surface area contributed by atoms with Gasteiger partial charge in [0.25, 0.3) is 0 Å². The highest BCUT2D eigenvalue weighted by Crippen LogP contribution is 2.30. The van der Waals surface area contributed by atoms with E-state index in [1.807, 2.05) is 19.1 Å². The van der Waals surface area contributed by atoms with Crippen LogP contribution in [0.15, 0.2) is 36.4 Å². The lowest BCUT2D eigenvalue weighted by Crippen LogP contribution is -2.22. The van der Waals surface area contributed by atoms with Gasteiger partial charge >= 0.3 is 0 Å².